The van der Waals surface area contributed by atoms with Gasteiger partial charge in [-0.25, -0.2) is 9.97 Å². The van der Waals surface area contributed by atoms with Crippen LogP contribution in [0.3, 0.4) is 0 Å². The van der Waals surface area contributed by atoms with E-state index in [1.54, 1.807) is 33.2 Å². The fraction of sp³-hybridized carbons (Fsp3) is 0.718. The normalized spacial score (nSPS) is 35.8. The van der Waals surface area contributed by atoms with E-state index in [2.05, 4.69) is 9.97 Å². The van der Waals surface area contributed by atoms with E-state index in [1.165, 1.54) is 12.4 Å². The van der Waals surface area contributed by atoms with E-state index in [9.17, 15) is 24.6 Å². The largest absolute Gasteiger partial charge is 0.462 e. The van der Waals surface area contributed by atoms with Crippen molar-refractivity contribution < 1.29 is 48.3 Å². The first-order valence-corrected chi connectivity index (χ1v) is 18.5. The number of carbonyl (C=O) groups excluding carboxylic acids is 3. The summed E-state index contributed by atoms with van der Waals surface area (Å²) < 4.78 is 30.5. The Morgan fingerprint density at radius 2 is 1.87 bits per heavy atom. The van der Waals surface area contributed by atoms with Gasteiger partial charge in [0.2, 0.25) is 0 Å². The molecule has 1 aromatic rings. The summed E-state index contributed by atoms with van der Waals surface area (Å²) in [4.78, 5) is 48.8. The average Bonchev–Trinajstić information content (AvgIpc) is 3.11. The van der Waals surface area contributed by atoms with Gasteiger partial charge >= 0.3 is 5.97 Å². The van der Waals surface area contributed by atoms with Crippen LogP contribution in [-0.2, 0) is 44.5 Å². The minimum absolute atomic E-state index is 0.0244. The number of ketones is 1. The number of aryl methyl sites for hydroxylation is 1. The fourth-order valence-corrected chi connectivity index (χ4v) is 7.26. The molecule has 3 rings (SSSR count). The van der Waals surface area contributed by atoms with Gasteiger partial charge < -0.3 is 43.6 Å². The molecule has 52 heavy (non-hydrogen) atoms. The van der Waals surface area contributed by atoms with Crippen LogP contribution in [0.1, 0.15) is 72.4 Å². The number of allylic oxidation sites excluding steroid dienone is 3. The minimum atomic E-state index is -1.23. The van der Waals surface area contributed by atoms with Gasteiger partial charge in [-0.3, -0.25) is 9.59 Å². The molecule has 1 saturated heterocycles. The first-order valence-electron chi connectivity index (χ1n) is 18.5. The Kier molecular flexibility index (Phi) is 18.2. The standard InChI is InChI=1S/C39H61N3O10/c1-9-33-29(22-48-8)19-24(2)12-13-31(44)25(3)20-28(15-17-43)37(26(4)32(45)21-34(46)51-33)52-39-36(47)35(42(6)7)38(27(5)50-39)49-18-10-11-30-14-16-40-23-41-30/h12-14,16-17,19,23,25-29,32-33,35-39,45,47H,9-11,15,18,20-22H2,1-8H3/b13-12+,24-19+/t25-,26+,27-,28+,29-,32-,33-,35-,36-,37-,38-,39+/m1/s1. The summed E-state index contributed by atoms with van der Waals surface area (Å²) in [6.45, 7) is 9.87. The van der Waals surface area contributed by atoms with Crippen molar-refractivity contribution in [3.63, 3.8) is 0 Å². The number of aldehydes is 1. The van der Waals surface area contributed by atoms with Crippen LogP contribution < -0.4 is 0 Å². The molecule has 12 atom stereocenters. The molecule has 0 radical (unpaired) electrons. The van der Waals surface area contributed by atoms with Crippen molar-refractivity contribution in [3.8, 4) is 0 Å². The highest BCUT2D eigenvalue weighted by atomic mass is 16.7. The number of aliphatic hydroxyl groups excluding tert-OH is 2. The van der Waals surface area contributed by atoms with Crippen LogP contribution in [0.15, 0.2) is 42.4 Å². The van der Waals surface area contributed by atoms with Crippen LogP contribution in [0.4, 0.5) is 0 Å². The summed E-state index contributed by atoms with van der Waals surface area (Å²) >= 11 is 0. The van der Waals surface area contributed by atoms with Gasteiger partial charge in [-0.1, -0.05) is 38.5 Å². The van der Waals surface area contributed by atoms with Gasteiger partial charge in [0.25, 0.3) is 0 Å². The Morgan fingerprint density at radius 3 is 2.50 bits per heavy atom. The zero-order valence-electron chi connectivity index (χ0n) is 32.1. The van der Waals surface area contributed by atoms with Gasteiger partial charge in [-0.15, -0.1) is 0 Å². The molecule has 1 aromatic heterocycles. The molecule has 1 fully saturated rings. The maximum absolute atomic E-state index is 13.4. The van der Waals surface area contributed by atoms with E-state index in [4.69, 9.17) is 23.7 Å². The van der Waals surface area contributed by atoms with Crippen molar-refractivity contribution in [2.24, 2.45) is 23.7 Å². The molecule has 2 aliphatic rings. The predicted molar refractivity (Wildman–Crippen MR) is 194 cm³/mol. The topological polar surface area (TPSA) is 167 Å². The van der Waals surface area contributed by atoms with Gasteiger partial charge in [0.15, 0.2) is 12.1 Å². The lowest BCUT2D eigenvalue weighted by atomic mass is 9.79. The van der Waals surface area contributed by atoms with Crippen molar-refractivity contribution in [1.29, 1.82) is 0 Å². The fourth-order valence-electron chi connectivity index (χ4n) is 7.26. The first-order chi connectivity index (χ1) is 24.8. The lowest BCUT2D eigenvalue weighted by Gasteiger charge is -2.48. The van der Waals surface area contributed by atoms with Crippen molar-refractivity contribution >= 4 is 18.0 Å². The molecule has 0 unspecified atom stereocenters. The molecule has 0 aliphatic carbocycles. The molecular formula is C39H61N3O10. The summed E-state index contributed by atoms with van der Waals surface area (Å²) in [5, 5.41) is 23.3. The van der Waals surface area contributed by atoms with Crippen LogP contribution in [0, 0.1) is 23.7 Å². The first kappa shape index (κ1) is 43.5. The number of esters is 1. The maximum atomic E-state index is 13.4. The van der Waals surface area contributed by atoms with E-state index >= 15 is 0 Å². The Balaban J connectivity index is 1.89. The lowest BCUT2D eigenvalue weighted by Crippen LogP contribution is -2.64. The maximum Gasteiger partial charge on any atom is 0.308 e. The van der Waals surface area contributed by atoms with E-state index < -0.39 is 72.7 Å². The molecule has 2 aliphatic heterocycles. The number of methoxy groups -OCH3 is 1. The summed E-state index contributed by atoms with van der Waals surface area (Å²) in [5.41, 5.74) is 1.72. The van der Waals surface area contributed by atoms with Crippen LogP contribution >= 0.6 is 0 Å². The number of cyclic esters (lactones) is 1. The SMILES string of the molecule is CC[C@H]1OC(=O)C[C@@H](O)[C@H](C)[C@@H](O[C@@H]2O[C@H](C)[C@@H](OCCCc3ccncn3)[C@H](N(C)C)[C@H]2O)[C@@H](CC=O)C[C@@H](C)C(=O)/C=C/C(C)=C/[C@@H]1COC. The van der Waals surface area contributed by atoms with Crippen LogP contribution in [-0.4, -0.2) is 126 Å². The summed E-state index contributed by atoms with van der Waals surface area (Å²) in [6.07, 6.45) is 5.09. The molecule has 3 heterocycles. The second-order valence-corrected chi connectivity index (χ2v) is 14.5. The predicted octanol–water partition coefficient (Wildman–Crippen LogP) is 3.50. The number of aromatic nitrogens is 2. The molecule has 0 aromatic carbocycles. The van der Waals surface area contributed by atoms with Crippen LogP contribution in [0.5, 0.6) is 0 Å². The second kappa shape index (κ2) is 21.7. The van der Waals surface area contributed by atoms with Crippen molar-refractivity contribution in [1.82, 2.24) is 14.9 Å². The molecular weight excluding hydrogens is 670 g/mol. The van der Waals surface area contributed by atoms with E-state index in [-0.39, 0.29) is 31.0 Å². The van der Waals surface area contributed by atoms with Gasteiger partial charge in [-0.2, -0.15) is 0 Å². The number of carbonyl (C=O) groups is 3. The number of rotatable bonds is 13. The Morgan fingerprint density at radius 1 is 1.12 bits per heavy atom. The minimum Gasteiger partial charge on any atom is -0.462 e. The molecule has 0 spiro atoms. The molecule has 0 bridgehead atoms. The van der Waals surface area contributed by atoms with Gasteiger partial charge in [0.1, 0.15) is 30.9 Å². The molecule has 292 valence electrons. The number of likely N-dealkylation sites (N-methyl/N-ethyl adjacent to an activating group) is 1. The summed E-state index contributed by atoms with van der Waals surface area (Å²) in [5.74, 6) is -2.74. The third kappa shape index (κ3) is 12.6. The monoisotopic (exact) mass is 731 g/mol. The molecule has 13 nitrogen and oxygen atoms in total. The number of nitrogens with zero attached hydrogens (tertiary/aromatic N) is 3. The zero-order chi connectivity index (χ0) is 38.4. The number of hydrogen-bond donors (Lipinski definition) is 2. The Labute approximate surface area is 309 Å². The quantitative estimate of drug-likeness (QED) is 0.172. The number of ether oxygens (including phenoxy) is 5. The smallest absolute Gasteiger partial charge is 0.308 e. The third-order valence-corrected chi connectivity index (χ3v) is 10.2. The van der Waals surface area contributed by atoms with Crippen LogP contribution in [0.2, 0.25) is 0 Å². The summed E-state index contributed by atoms with van der Waals surface area (Å²) in [7, 11) is 5.26. The van der Waals surface area contributed by atoms with Gasteiger partial charge in [0.05, 0.1) is 37.4 Å². The van der Waals surface area contributed by atoms with Gasteiger partial charge in [0, 0.05) is 49.8 Å². The van der Waals surface area contributed by atoms with Crippen molar-refractivity contribution in [2.75, 3.05) is 34.4 Å². The highest BCUT2D eigenvalue weighted by Crippen LogP contribution is 2.35. The van der Waals surface area contributed by atoms with Crippen molar-refractivity contribution in [3.05, 3.63) is 48.1 Å². The van der Waals surface area contributed by atoms with Crippen LogP contribution in [0.25, 0.3) is 0 Å². The number of hydrogen-bond acceptors (Lipinski definition) is 13. The van der Waals surface area contributed by atoms with E-state index in [0.717, 1.165) is 17.6 Å². The average molecular weight is 732 g/mol. The zero-order valence-corrected chi connectivity index (χ0v) is 32.1. The second-order valence-electron chi connectivity index (χ2n) is 14.5. The Bertz CT molecular complexity index is 1310. The highest BCUT2D eigenvalue weighted by molar-refractivity contribution is 5.91. The lowest BCUT2D eigenvalue weighted by molar-refractivity contribution is -0.308. The highest BCUT2D eigenvalue weighted by Gasteiger charge is 2.48. The molecule has 0 amide bonds. The molecule has 13 heteroatoms. The van der Waals surface area contributed by atoms with Crippen molar-refractivity contribution in [2.45, 2.75) is 122 Å². The molecule has 0 saturated carbocycles. The Hall–Kier alpha value is -2.91. The van der Waals surface area contributed by atoms with Gasteiger partial charge in [-0.05, 0) is 71.7 Å². The molecule has 2 N–H and O–H groups in total. The number of aliphatic hydroxyl groups is 2. The summed E-state index contributed by atoms with van der Waals surface area (Å²) in [6, 6.07) is 1.34. The third-order valence-electron chi connectivity index (χ3n) is 10.2. The van der Waals surface area contributed by atoms with E-state index in [0.29, 0.717) is 32.5 Å². The van der Waals surface area contributed by atoms with E-state index in [1.807, 2.05) is 51.9 Å².